The summed E-state index contributed by atoms with van der Waals surface area (Å²) in [6.07, 6.45) is 3.91. The van der Waals surface area contributed by atoms with Crippen LogP contribution in [0.2, 0.25) is 0 Å². The van der Waals surface area contributed by atoms with Gasteiger partial charge >= 0.3 is 0 Å². The molecule has 2 nitrogen and oxygen atoms in total. The molecule has 1 aliphatic heterocycles. The number of hydrogen-bond donors (Lipinski definition) is 0. The minimum absolute atomic E-state index is 0.229. The van der Waals surface area contributed by atoms with Gasteiger partial charge in [-0.3, -0.25) is 4.79 Å². The first-order valence-electron chi connectivity index (χ1n) is 6.56. The van der Waals surface area contributed by atoms with Crippen LogP contribution in [0.5, 0.6) is 0 Å². The molecule has 92 valence electrons. The molecule has 2 rings (SSSR count). The molecule has 0 aromatic heterocycles. The lowest BCUT2D eigenvalue weighted by molar-refractivity contribution is -0.118. The zero-order chi connectivity index (χ0) is 12.4. The van der Waals surface area contributed by atoms with Crippen molar-refractivity contribution in [3.05, 3.63) is 29.3 Å². The molecule has 17 heavy (non-hydrogen) atoms. The van der Waals surface area contributed by atoms with E-state index in [2.05, 4.69) is 32.0 Å². The molecule has 0 atom stereocenters. The number of fused-ring (bicyclic) bond motifs is 1. The van der Waals surface area contributed by atoms with Gasteiger partial charge in [0.1, 0.15) is 0 Å². The molecule has 0 saturated heterocycles. The molecule has 1 heterocycles. The summed E-state index contributed by atoms with van der Waals surface area (Å²) in [5, 5.41) is 0. The summed E-state index contributed by atoms with van der Waals surface area (Å²) in [6, 6.07) is 6.60. The summed E-state index contributed by atoms with van der Waals surface area (Å²) in [4.78, 5) is 13.4. The van der Waals surface area contributed by atoms with Crippen LogP contribution in [0.15, 0.2) is 18.2 Å². The van der Waals surface area contributed by atoms with E-state index in [0.717, 1.165) is 12.1 Å². The maximum Gasteiger partial charge on any atom is 0.227 e. The molecule has 2 heteroatoms. The van der Waals surface area contributed by atoms with Crippen LogP contribution in [0, 0.1) is 0 Å². The number of anilines is 1. The SMILES string of the molecule is CCC(CC)c1ccc2c(c1)CCC(=O)N2C. The van der Waals surface area contributed by atoms with Gasteiger partial charge in [-0.15, -0.1) is 0 Å². The lowest BCUT2D eigenvalue weighted by Gasteiger charge is -2.27. The third-order valence-corrected chi connectivity index (χ3v) is 3.90. The van der Waals surface area contributed by atoms with Crippen molar-refractivity contribution in [2.75, 3.05) is 11.9 Å². The second-order valence-corrected chi connectivity index (χ2v) is 4.85. The van der Waals surface area contributed by atoms with Crippen LogP contribution < -0.4 is 4.90 Å². The van der Waals surface area contributed by atoms with Crippen LogP contribution in [0.3, 0.4) is 0 Å². The standard InChI is InChI=1S/C15H21NO/c1-4-11(5-2)12-6-8-14-13(10-12)7-9-15(17)16(14)3/h6,8,10-11H,4-5,7,9H2,1-3H3. The van der Waals surface area contributed by atoms with E-state index in [1.165, 1.54) is 24.0 Å². The number of carbonyl (C=O) groups excluding carboxylic acids is 1. The summed E-state index contributed by atoms with van der Waals surface area (Å²) in [5.74, 6) is 0.885. The third-order valence-electron chi connectivity index (χ3n) is 3.90. The smallest absolute Gasteiger partial charge is 0.227 e. The number of hydrogen-bond acceptors (Lipinski definition) is 1. The van der Waals surface area contributed by atoms with Gasteiger partial charge in [0.15, 0.2) is 0 Å². The molecule has 0 radical (unpaired) electrons. The normalized spacial score (nSPS) is 15.3. The van der Waals surface area contributed by atoms with Gasteiger partial charge in [-0.2, -0.15) is 0 Å². The van der Waals surface area contributed by atoms with Crippen LogP contribution in [0.4, 0.5) is 5.69 Å². The zero-order valence-electron chi connectivity index (χ0n) is 11.0. The second kappa shape index (κ2) is 4.91. The van der Waals surface area contributed by atoms with Crippen molar-refractivity contribution < 1.29 is 4.79 Å². The van der Waals surface area contributed by atoms with Crippen molar-refractivity contribution in [1.29, 1.82) is 0 Å². The maximum absolute atomic E-state index is 11.6. The Morgan fingerprint density at radius 2 is 1.94 bits per heavy atom. The number of rotatable bonds is 3. The molecule has 1 aromatic carbocycles. The van der Waals surface area contributed by atoms with Crippen LogP contribution in [-0.2, 0) is 11.2 Å². The van der Waals surface area contributed by atoms with Gasteiger partial charge in [-0.25, -0.2) is 0 Å². The summed E-state index contributed by atoms with van der Waals surface area (Å²) in [5.41, 5.74) is 3.85. The number of amides is 1. The highest BCUT2D eigenvalue weighted by molar-refractivity contribution is 5.95. The Morgan fingerprint density at radius 1 is 1.24 bits per heavy atom. The molecular weight excluding hydrogens is 210 g/mol. The fourth-order valence-corrected chi connectivity index (χ4v) is 2.69. The molecule has 0 saturated carbocycles. The molecule has 0 fully saturated rings. The van der Waals surface area contributed by atoms with Gasteiger partial charge in [0.05, 0.1) is 0 Å². The number of benzene rings is 1. The molecule has 1 amide bonds. The second-order valence-electron chi connectivity index (χ2n) is 4.85. The maximum atomic E-state index is 11.6. The fourth-order valence-electron chi connectivity index (χ4n) is 2.69. The predicted molar refractivity (Wildman–Crippen MR) is 71.5 cm³/mol. The summed E-state index contributed by atoms with van der Waals surface area (Å²) < 4.78 is 0. The molecule has 0 N–H and O–H groups in total. The largest absolute Gasteiger partial charge is 0.315 e. The fraction of sp³-hybridized carbons (Fsp3) is 0.533. The predicted octanol–water partition coefficient (Wildman–Crippen LogP) is 3.50. The van der Waals surface area contributed by atoms with Crippen molar-refractivity contribution in [3.8, 4) is 0 Å². The van der Waals surface area contributed by atoms with Crippen LogP contribution in [-0.4, -0.2) is 13.0 Å². The Bertz CT molecular complexity index is 421. The lowest BCUT2D eigenvalue weighted by atomic mass is 9.90. The van der Waals surface area contributed by atoms with Crippen molar-refractivity contribution >= 4 is 11.6 Å². The summed E-state index contributed by atoms with van der Waals surface area (Å²) in [7, 11) is 1.87. The zero-order valence-corrected chi connectivity index (χ0v) is 11.0. The minimum atomic E-state index is 0.229. The summed E-state index contributed by atoms with van der Waals surface area (Å²) >= 11 is 0. The molecule has 1 aromatic rings. The highest BCUT2D eigenvalue weighted by atomic mass is 16.2. The molecule has 0 bridgehead atoms. The van der Waals surface area contributed by atoms with Gasteiger partial charge < -0.3 is 4.90 Å². The first kappa shape index (κ1) is 12.2. The van der Waals surface area contributed by atoms with Gasteiger partial charge in [0, 0.05) is 19.2 Å². The minimum Gasteiger partial charge on any atom is -0.315 e. The van der Waals surface area contributed by atoms with Crippen molar-refractivity contribution in [2.24, 2.45) is 0 Å². The lowest BCUT2D eigenvalue weighted by Crippen LogP contribution is -2.31. The molecule has 0 spiro atoms. The number of nitrogens with zero attached hydrogens (tertiary/aromatic N) is 1. The third kappa shape index (κ3) is 2.21. The van der Waals surface area contributed by atoms with Gasteiger partial charge in [-0.05, 0) is 42.4 Å². The van der Waals surface area contributed by atoms with E-state index in [1.54, 1.807) is 4.90 Å². The Balaban J connectivity index is 2.35. The van der Waals surface area contributed by atoms with Crippen LogP contribution in [0.1, 0.15) is 50.2 Å². The molecule has 0 aliphatic carbocycles. The first-order chi connectivity index (χ1) is 8.17. The van der Waals surface area contributed by atoms with Crippen LogP contribution >= 0.6 is 0 Å². The average molecular weight is 231 g/mol. The van der Waals surface area contributed by atoms with E-state index < -0.39 is 0 Å². The molecule has 0 unspecified atom stereocenters. The van der Waals surface area contributed by atoms with Gasteiger partial charge in [0.2, 0.25) is 5.91 Å². The van der Waals surface area contributed by atoms with Gasteiger partial charge in [-0.1, -0.05) is 26.0 Å². The van der Waals surface area contributed by atoms with Gasteiger partial charge in [0.25, 0.3) is 0 Å². The van der Waals surface area contributed by atoms with Crippen molar-refractivity contribution in [1.82, 2.24) is 0 Å². The Morgan fingerprint density at radius 3 is 2.59 bits per heavy atom. The average Bonchev–Trinajstić information content (AvgIpc) is 2.35. The van der Waals surface area contributed by atoms with E-state index in [9.17, 15) is 4.79 Å². The first-order valence-corrected chi connectivity index (χ1v) is 6.56. The topological polar surface area (TPSA) is 20.3 Å². The van der Waals surface area contributed by atoms with E-state index in [4.69, 9.17) is 0 Å². The number of carbonyl (C=O) groups is 1. The summed E-state index contributed by atoms with van der Waals surface area (Å²) in [6.45, 7) is 4.48. The Kier molecular flexibility index (Phi) is 3.51. The Hall–Kier alpha value is -1.31. The monoisotopic (exact) mass is 231 g/mol. The van der Waals surface area contributed by atoms with Crippen molar-refractivity contribution in [2.45, 2.75) is 45.4 Å². The highest BCUT2D eigenvalue weighted by Crippen LogP contribution is 2.31. The quantitative estimate of drug-likeness (QED) is 0.779. The molecular formula is C15H21NO. The Labute approximate surface area is 104 Å². The number of aryl methyl sites for hydroxylation is 1. The van der Waals surface area contributed by atoms with E-state index >= 15 is 0 Å². The van der Waals surface area contributed by atoms with E-state index in [0.29, 0.717) is 12.3 Å². The van der Waals surface area contributed by atoms with E-state index in [1.807, 2.05) is 7.05 Å². The van der Waals surface area contributed by atoms with E-state index in [-0.39, 0.29) is 5.91 Å². The van der Waals surface area contributed by atoms with Crippen LogP contribution in [0.25, 0.3) is 0 Å². The highest BCUT2D eigenvalue weighted by Gasteiger charge is 2.21. The molecule has 1 aliphatic rings. The van der Waals surface area contributed by atoms with Crippen molar-refractivity contribution in [3.63, 3.8) is 0 Å².